The van der Waals surface area contributed by atoms with Crippen molar-refractivity contribution in [1.29, 1.82) is 0 Å². The van der Waals surface area contributed by atoms with Gasteiger partial charge in [0.15, 0.2) is 0 Å². The molecule has 5 nitrogen and oxygen atoms in total. The fourth-order valence-electron chi connectivity index (χ4n) is 2.42. The number of hydrogen-bond acceptors (Lipinski definition) is 4. The van der Waals surface area contributed by atoms with Crippen LogP contribution in [0.25, 0.3) is 0 Å². The number of nitrogens with two attached hydrogens (primary N) is 1. The maximum Gasteiger partial charge on any atom is 0.303 e. The van der Waals surface area contributed by atoms with Crippen molar-refractivity contribution < 1.29 is 9.90 Å². The molecule has 0 aromatic carbocycles. The van der Waals surface area contributed by atoms with E-state index in [1.807, 2.05) is 0 Å². The van der Waals surface area contributed by atoms with Crippen LogP contribution in [-0.2, 0) is 11.2 Å². The molecule has 1 aromatic heterocycles. The van der Waals surface area contributed by atoms with Crippen LogP contribution in [0, 0.1) is 0 Å². The molecule has 0 unspecified atom stereocenters. The number of carboxylic acid groups (broad SMARTS) is 1. The van der Waals surface area contributed by atoms with Gasteiger partial charge in [0.05, 0.1) is 5.69 Å². The second kappa shape index (κ2) is 5.12. The monoisotopic (exact) mass is 235 g/mol. The first-order valence-corrected chi connectivity index (χ1v) is 6.00. The highest BCUT2D eigenvalue weighted by molar-refractivity contribution is 5.67. The Morgan fingerprint density at radius 2 is 2.18 bits per heavy atom. The predicted molar refractivity (Wildman–Crippen MR) is 63.6 cm³/mol. The predicted octanol–water partition coefficient (Wildman–Crippen LogP) is 1.73. The summed E-state index contributed by atoms with van der Waals surface area (Å²) in [5, 5.41) is 8.72. The van der Waals surface area contributed by atoms with Gasteiger partial charge in [-0.25, -0.2) is 9.97 Å². The fourth-order valence-corrected chi connectivity index (χ4v) is 2.42. The molecule has 92 valence electrons. The van der Waals surface area contributed by atoms with Crippen molar-refractivity contribution >= 4 is 11.9 Å². The summed E-state index contributed by atoms with van der Waals surface area (Å²) in [7, 11) is 0. The van der Waals surface area contributed by atoms with Gasteiger partial charge in [-0.05, 0) is 24.8 Å². The number of aryl methyl sites for hydroxylation is 1. The Kier molecular flexibility index (Phi) is 3.56. The van der Waals surface area contributed by atoms with Gasteiger partial charge in [0.1, 0.15) is 0 Å². The molecule has 17 heavy (non-hydrogen) atoms. The van der Waals surface area contributed by atoms with E-state index in [0.29, 0.717) is 12.3 Å². The van der Waals surface area contributed by atoms with Gasteiger partial charge in [0.25, 0.3) is 0 Å². The molecule has 1 aromatic rings. The molecule has 2 rings (SSSR count). The summed E-state index contributed by atoms with van der Waals surface area (Å²) in [6.07, 6.45) is 6.96. The highest BCUT2D eigenvalue weighted by atomic mass is 16.4. The zero-order valence-electron chi connectivity index (χ0n) is 9.72. The third-order valence-electron chi connectivity index (χ3n) is 3.27. The number of carboxylic acids is 1. The lowest BCUT2D eigenvalue weighted by Gasteiger charge is -2.13. The summed E-state index contributed by atoms with van der Waals surface area (Å²) < 4.78 is 0. The summed E-state index contributed by atoms with van der Waals surface area (Å²) in [5.41, 5.74) is 7.52. The van der Waals surface area contributed by atoms with Crippen LogP contribution in [0.3, 0.4) is 0 Å². The van der Waals surface area contributed by atoms with Crippen molar-refractivity contribution in [3.05, 3.63) is 17.5 Å². The molecule has 0 spiro atoms. The molecule has 0 radical (unpaired) electrons. The fraction of sp³-hybridized carbons (Fsp3) is 0.583. The average Bonchev–Trinajstić information content (AvgIpc) is 2.80. The molecule has 0 bridgehead atoms. The number of carbonyl (C=O) groups is 1. The summed E-state index contributed by atoms with van der Waals surface area (Å²) in [5.74, 6) is -0.0748. The maximum absolute atomic E-state index is 10.6. The van der Waals surface area contributed by atoms with Crippen LogP contribution in [-0.4, -0.2) is 21.0 Å². The maximum atomic E-state index is 10.6. The molecular weight excluding hydrogens is 218 g/mol. The molecule has 1 aliphatic rings. The van der Waals surface area contributed by atoms with Crippen LogP contribution in [0.5, 0.6) is 0 Å². The lowest BCUT2D eigenvalue weighted by atomic mass is 9.97. The largest absolute Gasteiger partial charge is 0.481 e. The molecule has 1 fully saturated rings. The summed E-state index contributed by atoms with van der Waals surface area (Å²) in [6, 6.07) is 0. The van der Waals surface area contributed by atoms with Crippen LogP contribution in [0.2, 0.25) is 0 Å². The SMILES string of the molecule is Nc1ncc(CCC(=O)O)c(C2CCCC2)n1. The Morgan fingerprint density at radius 1 is 1.47 bits per heavy atom. The lowest BCUT2D eigenvalue weighted by molar-refractivity contribution is -0.136. The van der Waals surface area contributed by atoms with Gasteiger partial charge in [-0.15, -0.1) is 0 Å². The highest BCUT2D eigenvalue weighted by Crippen LogP contribution is 2.35. The molecule has 3 N–H and O–H groups in total. The molecule has 0 atom stereocenters. The molecule has 0 aliphatic heterocycles. The van der Waals surface area contributed by atoms with Crippen molar-refractivity contribution in [1.82, 2.24) is 9.97 Å². The summed E-state index contributed by atoms with van der Waals surface area (Å²) in [6.45, 7) is 0. The Hall–Kier alpha value is -1.65. The molecule has 1 saturated carbocycles. The second-order valence-corrected chi connectivity index (χ2v) is 4.51. The van der Waals surface area contributed by atoms with Crippen molar-refractivity contribution in [2.45, 2.75) is 44.4 Å². The van der Waals surface area contributed by atoms with E-state index >= 15 is 0 Å². The van der Waals surface area contributed by atoms with Gasteiger partial charge in [-0.3, -0.25) is 4.79 Å². The van der Waals surface area contributed by atoms with Crippen LogP contribution in [0.15, 0.2) is 6.20 Å². The first kappa shape index (κ1) is 11.8. The third-order valence-corrected chi connectivity index (χ3v) is 3.27. The molecule has 0 amide bonds. The zero-order valence-corrected chi connectivity index (χ0v) is 9.72. The number of nitrogens with zero attached hydrogens (tertiary/aromatic N) is 2. The molecule has 1 aliphatic carbocycles. The Balaban J connectivity index is 2.20. The van der Waals surface area contributed by atoms with Crippen LogP contribution in [0.1, 0.15) is 49.3 Å². The van der Waals surface area contributed by atoms with Crippen LogP contribution in [0.4, 0.5) is 5.95 Å². The van der Waals surface area contributed by atoms with E-state index in [0.717, 1.165) is 24.1 Å². The van der Waals surface area contributed by atoms with E-state index in [2.05, 4.69) is 9.97 Å². The number of anilines is 1. The minimum atomic E-state index is -0.792. The number of hydrogen-bond donors (Lipinski definition) is 2. The Labute approximate surface area is 100 Å². The van der Waals surface area contributed by atoms with Gasteiger partial charge in [0.2, 0.25) is 5.95 Å². The minimum Gasteiger partial charge on any atom is -0.481 e. The molecule has 0 saturated heterocycles. The smallest absolute Gasteiger partial charge is 0.303 e. The van der Waals surface area contributed by atoms with Crippen molar-refractivity contribution in [3.8, 4) is 0 Å². The van der Waals surface area contributed by atoms with Crippen LogP contribution < -0.4 is 5.73 Å². The third kappa shape index (κ3) is 2.93. The Morgan fingerprint density at radius 3 is 2.82 bits per heavy atom. The van der Waals surface area contributed by atoms with E-state index in [1.54, 1.807) is 6.20 Å². The quantitative estimate of drug-likeness (QED) is 0.829. The standard InChI is InChI=1S/C12H17N3O2/c13-12-14-7-9(5-6-10(16)17)11(15-12)8-3-1-2-4-8/h7-8H,1-6H2,(H,16,17)(H2,13,14,15). The number of rotatable bonds is 4. The van der Waals surface area contributed by atoms with Gasteiger partial charge in [0, 0.05) is 18.5 Å². The van der Waals surface area contributed by atoms with Crippen molar-refractivity contribution in [3.63, 3.8) is 0 Å². The van der Waals surface area contributed by atoms with Gasteiger partial charge < -0.3 is 10.8 Å². The topological polar surface area (TPSA) is 89.1 Å². The lowest BCUT2D eigenvalue weighted by Crippen LogP contribution is -2.08. The van der Waals surface area contributed by atoms with E-state index in [-0.39, 0.29) is 12.4 Å². The second-order valence-electron chi connectivity index (χ2n) is 4.51. The first-order chi connectivity index (χ1) is 8.16. The minimum absolute atomic E-state index is 0.118. The van der Waals surface area contributed by atoms with Crippen LogP contribution >= 0.6 is 0 Å². The highest BCUT2D eigenvalue weighted by Gasteiger charge is 2.22. The van der Waals surface area contributed by atoms with Gasteiger partial charge >= 0.3 is 5.97 Å². The van der Waals surface area contributed by atoms with E-state index < -0.39 is 5.97 Å². The van der Waals surface area contributed by atoms with Crippen molar-refractivity contribution in [2.24, 2.45) is 0 Å². The number of aromatic nitrogens is 2. The average molecular weight is 235 g/mol. The molecular formula is C12H17N3O2. The Bertz CT molecular complexity index is 414. The molecule has 1 heterocycles. The first-order valence-electron chi connectivity index (χ1n) is 6.00. The van der Waals surface area contributed by atoms with Gasteiger partial charge in [-0.1, -0.05) is 12.8 Å². The van der Waals surface area contributed by atoms with E-state index in [9.17, 15) is 4.79 Å². The normalized spacial score (nSPS) is 16.2. The zero-order chi connectivity index (χ0) is 12.3. The van der Waals surface area contributed by atoms with Gasteiger partial charge in [-0.2, -0.15) is 0 Å². The van der Waals surface area contributed by atoms with E-state index in [1.165, 1.54) is 12.8 Å². The molecule has 5 heteroatoms. The summed E-state index contributed by atoms with van der Waals surface area (Å²) >= 11 is 0. The van der Waals surface area contributed by atoms with E-state index in [4.69, 9.17) is 10.8 Å². The van der Waals surface area contributed by atoms with Crippen molar-refractivity contribution in [2.75, 3.05) is 5.73 Å². The number of nitrogen functional groups attached to an aromatic ring is 1. The number of aliphatic carboxylic acids is 1. The summed E-state index contributed by atoms with van der Waals surface area (Å²) in [4.78, 5) is 18.9.